The summed E-state index contributed by atoms with van der Waals surface area (Å²) in [6.45, 7) is 5.26. The third kappa shape index (κ3) is 22.7. The van der Waals surface area contributed by atoms with Crippen molar-refractivity contribution in [2.24, 2.45) is 5.11 Å². The average Bonchev–Trinajstić information content (AvgIpc) is 2.22. The van der Waals surface area contributed by atoms with Crippen LogP contribution in [-0.2, 0) is 0 Å². The summed E-state index contributed by atoms with van der Waals surface area (Å²) in [5.74, 6) is 0.862. The number of rotatable bonds is 7. The summed E-state index contributed by atoms with van der Waals surface area (Å²) in [5, 5.41) is 3.41. The molecule has 6 heteroatoms. The van der Waals surface area contributed by atoms with Crippen LogP contribution in [0.15, 0.2) is 5.11 Å². The van der Waals surface area contributed by atoms with Crippen LogP contribution in [0.1, 0.15) is 12.8 Å². The van der Waals surface area contributed by atoms with Gasteiger partial charge in [0, 0.05) is 36.4 Å². The molecule has 0 unspecified atom stereocenters. The van der Waals surface area contributed by atoms with Crippen LogP contribution >= 0.6 is 11.6 Å². The van der Waals surface area contributed by atoms with Gasteiger partial charge in [-0.3, -0.25) is 0 Å². The number of halogens is 1. The maximum atomic E-state index is 7.84. The van der Waals surface area contributed by atoms with Crippen LogP contribution in [0, 0.1) is 0 Å². The van der Waals surface area contributed by atoms with E-state index in [9.17, 15) is 0 Å². The van der Waals surface area contributed by atoms with Crippen molar-refractivity contribution in [3.8, 4) is 0 Å². The van der Waals surface area contributed by atoms with Gasteiger partial charge in [0.2, 0.25) is 0 Å². The largest absolute Gasteiger partial charge is 0.127 e. The molecule has 3 nitrogen and oxygen atoms in total. The van der Waals surface area contributed by atoms with Crippen LogP contribution in [0.2, 0.25) is 25.2 Å². The van der Waals surface area contributed by atoms with E-state index >= 15 is 0 Å². The minimum atomic E-state index is 0.203. The summed E-state index contributed by atoms with van der Waals surface area (Å²) in [7, 11) is 0.521. The molecule has 0 spiro atoms. The van der Waals surface area contributed by atoms with E-state index in [1.807, 2.05) is 0 Å². The Balaban J connectivity index is 0. The standard InChI is InChI=1S/C4H11ClSi.C4H11N3Si/c1-6-4-2-3-5;1-8-4-2-3-6-7-5/h2-4,6H2,1H3;2-4,8H2,1H3. The van der Waals surface area contributed by atoms with Gasteiger partial charge in [-0.1, -0.05) is 36.7 Å². The minimum Gasteiger partial charge on any atom is -0.127 e. The van der Waals surface area contributed by atoms with Gasteiger partial charge >= 0.3 is 0 Å². The first-order valence-corrected chi connectivity index (χ1v) is 10.8. The summed E-state index contributed by atoms with van der Waals surface area (Å²) >= 11 is 5.40. The van der Waals surface area contributed by atoms with Crippen LogP contribution < -0.4 is 0 Å². The van der Waals surface area contributed by atoms with Crippen LogP contribution in [0.5, 0.6) is 0 Å². The van der Waals surface area contributed by atoms with Crippen molar-refractivity contribution < 1.29 is 0 Å². The van der Waals surface area contributed by atoms with Crippen molar-refractivity contribution >= 4 is 30.6 Å². The summed E-state index contributed by atoms with van der Waals surface area (Å²) in [6.07, 6.45) is 2.33. The van der Waals surface area contributed by atoms with E-state index in [2.05, 4.69) is 23.1 Å². The number of alkyl halides is 1. The quantitative estimate of drug-likeness (QED) is 0.167. The Bertz CT molecular complexity index is 137. The molecule has 0 heterocycles. The van der Waals surface area contributed by atoms with E-state index in [0.717, 1.165) is 12.3 Å². The fourth-order valence-electron chi connectivity index (χ4n) is 0.822. The molecule has 0 aliphatic carbocycles. The zero-order valence-electron chi connectivity index (χ0n) is 9.38. The third-order valence-corrected chi connectivity index (χ3v) is 4.34. The highest BCUT2D eigenvalue weighted by molar-refractivity contribution is 6.33. The molecule has 0 N–H and O–H groups in total. The van der Waals surface area contributed by atoms with E-state index in [-0.39, 0.29) is 9.52 Å². The van der Waals surface area contributed by atoms with E-state index in [0.29, 0.717) is 16.1 Å². The molecule has 0 saturated carbocycles. The van der Waals surface area contributed by atoms with Crippen molar-refractivity contribution in [2.75, 3.05) is 12.4 Å². The van der Waals surface area contributed by atoms with Gasteiger partial charge in [0.05, 0.1) is 0 Å². The molecule has 0 aromatic carbocycles. The molecule has 0 aromatic rings. The zero-order chi connectivity index (χ0) is 11.1. The molecule has 0 aliphatic rings. The molecule has 84 valence electrons. The lowest BCUT2D eigenvalue weighted by Crippen LogP contribution is -1.82. The average molecular weight is 252 g/mol. The number of azide groups is 1. The number of hydrogen-bond donors (Lipinski definition) is 0. The molecule has 0 amide bonds. The van der Waals surface area contributed by atoms with E-state index in [4.69, 9.17) is 17.1 Å². The highest BCUT2D eigenvalue weighted by Gasteiger charge is 1.80. The Morgan fingerprint density at radius 1 is 1.21 bits per heavy atom. The van der Waals surface area contributed by atoms with Crippen LogP contribution in [0.25, 0.3) is 10.4 Å². The molecule has 0 rings (SSSR count). The lowest BCUT2D eigenvalue weighted by molar-refractivity contribution is 0.916. The highest BCUT2D eigenvalue weighted by Crippen LogP contribution is 1.89. The Morgan fingerprint density at radius 3 is 2.14 bits per heavy atom. The molecular weight excluding hydrogens is 230 g/mol. The summed E-state index contributed by atoms with van der Waals surface area (Å²) in [6, 6.07) is 2.72. The van der Waals surface area contributed by atoms with Crippen molar-refractivity contribution in [2.45, 2.75) is 38.0 Å². The fourth-order valence-corrected chi connectivity index (χ4v) is 2.80. The molecular formula is C8H22ClN3Si2. The maximum absolute atomic E-state index is 7.84. The molecule has 0 atom stereocenters. The predicted molar refractivity (Wildman–Crippen MR) is 72.4 cm³/mol. The second-order valence-electron chi connectivity index (χ2n) is 3.06. The van der Waals surface area contributed by atoms with E-state index in [1.165, 1.54) is 18.5 Å². The first-order valence-electron chi connectivity index (χ1n) is 5.40. The van der Waals surface area contributed by atoms with Crippen LogP contribution in [-0.4, -0.2) is 31.5 Å². The highest BCUT2D eigenvalue weighted by atomic mass is 35.5. The number of nitrogens with zero attached hydrogens (tertiary/aromatic N) is 3. The smallest absolute Gasteiger partial charge is 0.0255 e. The SMILES string of the molecule is C[SiH2]CCCCl.C[SiH2]CCCN=[N+]=[N-]. The zero-order valence-corrected chi connectivity index (χ0v) is 13.0. The summed E-state index contributed by atoms with van der Waals surface area (Å²) in [5.41, 5.74) is 7.84. The predicted octanol–water partition coefficient (Wildman–Crippen LogP) is 2.57. The van der Waals surface area contributed by atoms with Crippen LogP contribution in [0.4, 0.5) is 0 Å². The first-order chi connectivity index (χ1) is 6.83. The topological polar surface area (TPSA) is 48.8 Å². The fraction of sp³-hybridized carbons (Fsp3) is 1.00. The third-order valence-electron chi connectivity index (χ3n) is 1.66. The first kappa shape index (κ1) is 16.5. The van der Waals surface area contributed by atoms with Crippen molar-refractivity contribution in [1.29, 1.82) is 0 Å². The second kappa shape index (κ2) is 18.7. The van der Waals surface area contributed by atoms with Gasteiger partial charge < -0.3 is 0 Å². The van der Waals surface area contributed by atoms with Crippen LogP contribution in [0.3, 0.4) is 0 Å². The summed E-state index contributed by atoms with van der Waals surface area (Å²) in [4.78, 5) is 2.65. The molecule has 0 fully saturated rings. The molecule has 0 saturated heterocycles. The molecule has 14 heavy (non-hydrogen) atoms. The molecule has 0 aromatic heterocycles. The van der Waals surface area contributed by atoms with Gasteiger partial charge in [-0.2, -0.15) is 0 Å². The minimum absolute atomic E-state index is 0.203. The Hall–Kier alpha value is 0.0338. The summed E-state index contributed by atoms with van der Waals surface area (Å²) < 4.78 is 0. The lowest BCUT2D eigenvalue weighted by Gasteiger charge is -1.86. The monoisotopic (exact) mass is 251 g/mol. The second-order valence-corrected chi connectivity index (χ2v) is 6.85. The van der Waals surface area contributed by atoms with Crippen molar-refractivity contribution in [1.82, 2.24) is 0 Å². The van der Waals surface area contributed by atoms with Gasteiger partial charge in [-0.15, -0.1) is 11.6 Å². The Labute approximate surface area is 96.9 Å². The van der Waals surface area contributed by atoms with Gasteiger partial charge in [-0.05, 0) is 12.0 Å². The van der Waals surface area contributed by atoms with E-state index in [1.54, 1.807) is 0 Å². The van der Waals surface area contributed by atoms with Crippen molar-refractivity contribution in [3.63, 3.8) is 0 Å². The van der Waals surface area contributed by atoms with Crippen molar-refractivity contribution in [3.05, 3.63) is 10.4 Å². The van der Waals surface area contributed by atoms with Gasteiger partial charge in [-0.25, -0.2) is 0 Å². The maximum Gasteiger partial charge on any atom is 0.0255 e. The number of hydrogen-bond acceptors (Lipinski definition) is 1. The van der Waals surface area contributed by atoms with E-state index < -0.39 is 0 Å². The van der Waals surface area contributed by atoms with Gasteiger partial charge in [0.15, 0.2) is 0 Å². The van der Waals surface area contributed by atoms with Gasteiger partial charge in [0.25, 0.3) is 0 Å². The Morgan fingerprint density at radius 2 is 1.79 bits per heavy atom. The molecule has 0 aliphatic heterocycles. The normalized spacial score (nSPS) is 10.2. The lowest BCUT2D eigenvalue weighted by atomic mass is 10.5. The Kier molecular flexibility index (Phi) is 22.0. The van der Waals surface area contributed by atoms with Gasteiger partial charge in [0.1, 0.15) is 0 Å². The molecule has 0 bridgehead atoms. The molecule has 0 radical (unpaired) electrons.